The molecule has 2 aromatic heterocycles. The third kappa shape index (κ3) is 4.02. The molecule has 1 aromatic carbocycles. The van der Waals surface area contributed by atoms with Gasteiger partial charge in [0.1, 0.15) is 5.75 Å². The number of nitrogens with zero attached hydrogens (tertiary/aromatic N) is 4. The first-order valence-corrected chi connectivity index (χ1v) is 8.52. The average molecular weight is 425 g/mol. The third-order valence-electron chi connectivity index (χ3n) is 3.60. The number of halogens is 2. The number of carbonyl (C=O) groups is 1. The second kappa shape index (κ2) is 7.28. The predicted octanol–water partition coefficient (Wildman–Crippen LogP) is 3.63. The Morgan fingerprint density at radius 2 is 2.20 bits per heavy atom. The fraction of sp³-hybridized carbons (Fsp3) is 0.188. The Kier molecular flexibility index (Phi) is 5.10. The SMILES string of the molecule is Cc1c(NC(=O)c2ccn(COc3ccc(Br)cc3Cl)n2)cnn1C. The lowest BCUT2D eigenvalue weighted by Gasteiger charge is -2.08. The summed E-state index contributed by atoms with van der Waals surface area (Å²) in [6, 6.07) is 6.96. The van der Waals surface area contributed by atoms with Crippen LogP contribution in [0.25, 0.3) is 0 Å². The smallest absolute Gasteiger partial charge is 0.276 e. The highest BCUT2D eigenvalue weighted by Crippen LogP contribution is 2.27. The van der Waals surface area contributed by atoms with Crippen molar-refractivity contribution in [2.24, 2.45) is 7.05 Å². The number of rotatable bonds is 5. The molecule has 0 saturated heterocycles. The van der Waals surface area contributed by atoms with E-state index in [0.29, 0.717) is 16.5 Å². The lowest BCUT2D eigenvalue weighted by atomic mass is 10.3. The maximum absolute atomic E-state index is 12.3. The summed E-state index contributed by atoms with van der Waals surface area (Å²) in [5, 5.41) is 11.6. The molecule has 25 heavy (non-hydrogen) atoms. The minimum Gasteiger partial charge on any atom is -0.470 e. The molecule has 0 radical (unpaired) electrons. The van der Waals surface area contributed by atoms with E-state index < -0.39 is 0 Å². The summed E-state index contributed by atoms with van der Waals surface area (Å²) < 4.78 is 9.69. The van der Waals surface area contributed by atoms with E-state index in [4.69, 9.17) is 16.3 Å². The largest absolute Gasteiger partial charge is 0.470 e. The number of benzene rings is 1. The van der Waals surface area contributed by atoms with Crippen LogP contribution in [-0.2, 0) is 13.8 Å². The molecule has 7 nitrogen and oxygen atoms in total. The van der Waals surface area contributed by atoms with Gasteiger partial charge in [0.05, 0.1) is 22.6 Å². The van der Waals surface area contributed by atoms with Crippen molar-refractivity contribution in [1.82, 2.24) is 19.6 Å². The van der Waals surface area contributed by atoms with Crippen LogP contribution in [0.4, 0.5) is 5.69 Å². The van der Waals surface area contributed by atoms with Crippen molar-refractivity contribution >= 4 is 39.1 Å². The van der Waals surface area contributed by atoms with Crippen LogP contribution in [-0.4, -0.2) is 25.5 Å². The van der Waals surface area contributed by atoms with E-state index in [1.165, 1.54) is 4.68 Å². The number of anilines is 1. The van der Waals surface area contributed by atoms with E-state index in [-0.39, 0.29) is 18.3 Å². The average Bonchev–Trinajstić information content (AvgIpc) is 3.16. The van der Waals surface area contributed by atoms with E-state index in [9.17, 15) is 4.79 Å². The molecule has 9 heteroatoms. The predicted molar refractivity (Wildman–Crippen MR) is 97.9 cm³/mol. The summed E-state index contributed by atoms with van der Waals surface area (Å²) in [5.41, 5.74) is 1.80. The van der Waals surface area contributed by atoms with Crippen LogP contribution in [0, 0.1) is 6.92 Å². The van der Waals surface area contributed by atoms with Gasteiger partial charge in [0.2, 0.25) is 0 Å². The Labute approximate surface area is 157 Å². The lowest BCUT2D eigenvalue weighted by Crippen LogP contribution is -2.14. The standard InChI is InChI=1S/C16H15BrClN5O2/c1-10-14(8-19-22(10)2)20-16(24)13-5-6-23(21-13)9-25-15-4-3-11(17)7-12(15)18/h3-8H,9H2,1-2H3,(H,20,24). The number of nitrogens with one attached hydrogen (secondary N) is 1. The zero-order valence-electron chi connectivity index (χ0n) is 13.5. The number of hydrogen-bond acceptors (Lipinski definition) is 4. The van der Waals surface area contributed by atoms with Gasteiger partial charge in [0.15, 0.2) is 12.4 Å². The Balaban J connectivity index is 1.63. The summed E-state index contributed by atoms with van der Waals surface area (Å²) in [6.45, 7) is 2.01. The molecule has 0 fully saturated rings. The van der Waals surface area contributed by atoms with Crippen LogP contribution in [0.15, 0.2) is 41.1 Å². The van der Waals surface area contributed by atoms with Crippen LogP contribution in [0.2, 0.25) is 5.02 Å². The van der Waals surface area contributed by atoms with Gasteiger partial charge in [-0.2, -0.15) is 10.2 Å². The maximum Gasteiger partial charge on any atom is 0.276 e. The molecule has 130 valence electrons. The van der Waals surface area contributed by atoms with E-state index >= 15 is 0 Å². The van der Waals surface area contributed by atoms with E-state index in [0.717, 1.165) is 10.2 Å². The summed E-state index contributed by atoms with van der Waals surface area (Å²) in [4.78, 5) is 12.3. The van der Waals surface area contributed by atoms with Gasteiger partial charge in [0, 0.05) is 17.7 Å². The molecule has 1 N–H and O–H groups in total. The van der Waals surface area contributed by atoms with Gasteiger partial charge in [-0.3, -0.25) is 9.48 Å². The monoisotopic (exact) mass is 423 g/mol. The van der Waals surface area contributed by atoms with Gasteiger partial charge in [-0.25, -0.2) is 4.68 Å². The Morgan fingerprint density at radius 3 is 2.88 bits per heavy atom. The number of aromatic nitrogens is 4. The van der Waals surface area contributed by atoms with Crippen molar-refractivity contribution in [3.63, 3.8) is 0 Å². The summed E-state index contributed by atoms with van der Waals surface area (Å²) in [6.07, 6.45) is 3.26. The van der Waals surface area contributed by atoms with Gasteiger partial charge in [-0.15, -0.1) is 0 Å². The van der Waals surface area contributed by atoms with Crippen molar-refractivity contribution in [3.05, 3.63) is 57.5 Å². The number of hydrogen-bond donors (Lipinski definition) is 1. The molecule has 0 aliphatic heterocycles. The molecular weight excluding hydrogens is 410 g/mol. The quantitative estimate of drug-likeness (QED) is 0.679. The molecule has 2 heterocycles. The fourth-order valence-electron chi connectivity index (χ4n) is 2.09. The lowest BCUT2D eigenvalue weighted by molar-refractivity contribution is 0.102. The molecule has 3 rings (SSSR count). The molecule has 0 saturated carbocycles. The van der Waals surface area contributed by atoms with E-state index in [1.54, 1.807) is 35.3 Å². The van der Waals surface area contributed by atoms with Crippen LogP contribution in [0.3, 0.4) is 0 Å². The first-order chi connectivity index (χ1) is 11.9. The normalized spacial score (nSPS) is 10.7. The van der Waals surface area contributed by atoms with Crippen molar-refractivity contribution < 1.29 is 9.53 Å². The van der Waals surface area contributed by atoms with Gasteiger partial charge in [-0.1, -0.05) is 27.5 Å². The van der Waals surface area contributed by atoms with Crippen LogP contribution >= 0.6 is 27.5 Å². The Morgan fingerprint density at radius 1 is 1.40 bits per heavy atom. The topological polar surface area (TPSA) is 74.0 Å². The fourth-order valence-corrected chi connectivity index (χ4v) is 2.82. The minimum atomic E-state index is -0.309. The molecule has 0 aliphatic carbocycles. The highest BCUT2D eigenvalue weighted by atomic mass is 79.9. The number of aryl methyl sites for hydroxylation is 1. The number of amides is 1. The van der Waals surface area contributed by atoms with Crippen molar-refractivity contribution in [2.45, 2.75) is 13.7 Å². The number of ether oxygens (including phenoxy) is 1. The second-order valence-electron chi connectivity index (χ2n) is 5.31. The van der Waals surface area contributed by atoms with Gasteiger partial charge in [0.25, 0.3) is 5.91 Å². The van der Waals surface area contributed by atoms with Crippen LogP contribution in [0.5, 0.6) is 5.75 Å². The highest BCUT2D eigenvalue weighted by molar-refractivity contribution is 9.10. The van der Waals surface area contributed by atoms with Gasteiger partial charge < -0.3 is 10.1 Å². The molecule has 0 bridgehead atoms. The van der Waals surface area contributed by atoms with Crippen molar-refractivity contribution in [2.75, 3.05) is 5.32 Å². The molecule has 0 aliphatic rings. The van der Waals surface area contributed by atoms with Gasteiger partial charge >= 0.3 is 0 Å². The molecule has 0 unspecified atom stereocenters. The Bertz CT molecular complexity index is 921. The summed E-state index contributed by atoms with van der Waals surface area (Å²) in [7, 11) is 1.81. The van der Waals surface area contributed by atoms with E-state index in [1.807, 2.05) is 20.0 Å². The second-order valence-corrected chi connectivity index (χ2v) is 6.63. The molecule has 0 atom stereocenters. The molecular formula is C16H15BrClN5O2. The summed E-state index contributed by atoms with van der Waals surface area (Å²) >= 11 is 9.44. The first-order valence-electron chi connectivity index (χ1n) is 7.35. The number of carbonyl (C=O) groups excluding carboxylic acids is 1. The van der Waals surface area contributed by atoms with Gasteiger partial charge in [-0.05, 0) is 31.2 Å². The molecule has 3 aromatic rings. The first kappa shape index (κ1) is 17.5. The van der Waals surface area contributed by atoms with Crippen molar-refractivity contribution in [1.29, 1.82) is 0 Å². The zero-order valence-corrected chi connectivity index (χ0v) is 15.9. The highest BCUT2D eigenvalue weighted by Gasteiger charge is 2.13. The van der Waals surface area contributed by atoms with Crippen LogP contribution < -0.4 is 10.1 Å². The third-order valence-corrected chi connectivity index (χ3v) is 4.39. The summed E-state index contributed by atoms with van der Waals surface area (Å²) in [5.74, 6) is 0.230. The molecule has 1 amide bonds. The van der Waals surface area contributed by atoms with E-state index in [2.05, 4.69) is 31.4 Å². The van der Waals surface area contributed by atoms with Crippen LogP contribution in [0.1, 0.15) is 16.2 Å². The molecule has 0 spiro atoms. The maximum atomic E-state index is 12.3. The Hall–Kier alpha value is -2.32. The minimum absolute atomic E-state index is 0.139. The van der Waals surface area contributed by atoms with Crippen molar-refractivity contribution in [3.8, 4) is 5.75 Å². The zero-order chi connectivity index (χ0) is 18.0.